The second-order valence-corrected chi connectivity index (χ2v) is 4.23. The lowest BCUT2D eigenvalue weighted by atomic mass is 10.0. The SMILES string of the molecule is CCc1nc(CC)n(C(C)(C)CC)n1. The van der Waals surface area contributed by atoms with Crippen LogP contribution in [0.1, 0.15) is 52.7 Å². The van der Waals surface area contributed by atoms with Gasteiger partial charge in [0.1, 0.15) is 5.82 Å². The fourth-order valence-electron chi connectivity index (χ4n) is 1.40. The number of nitrogens with zero attached hydrogens (tertiary/aromatic N) is 3. The van der Waals surface area contributed by atoms with Crippen LogP contribution < -0.4 is 0 Å². The van der Waals surface area contributed by atoms with Crippen LogP contribution in [0.15, 0.2) is 0 Å². The van der Waals surface area contributed by atoms with Crippen LogP contribution in [0.25, 0.3) is 0 Å². The maximum Gasteiger partial charge on any atom is 0.150 e. The van der Waals surface area contributed by atoms with Crippen molar-refractivity contribution in [1.29, 1.82) is 0 Å². The second kappa shape index (κ2) is 4.11. The lowest BCUT2D eigenvalue weighted by Crippen LogP contribution is -2.28. The van der Waals surface area contributed by atoms with E-state index in [1.807, 2.05) is 0 Å². The molecular formula is C11H21N3. The summed E-state index contributed by atoms with van der Waals surface area (Å²) in [5, 5.41) is 4.55. The fraction of sp³-hybridized carbons (Fsp3) is 0.818. The molecule has 0 aliphatic heterocycles. The zero-order valence-electron chi connectivity index (χ0n) is 9.96. The number of aromatic nitrogens is 3. The Morgan fingerprint density at radius 3 is 2.21 bits per heavy atom. The molecule has 0 spiro atoms. The maximum absolute atomic E-state index is 4.55. The highest BCUT2D eigenvalue weighted by Gasteiger charge is 2.22. The van der Waals surface area contributed by atoms with Crippen molar-refractivity contribution in [2.75, 3.05) is 0 Å². The summed E-state index contributed by atoms with van der Waals surface area (Å²) in [4.78, 5) is 4.51. The molecule has 0 bridgehead atoms. The highest BCUT2D eigenvalue weighted by Crippen LogP contribution is 2.20. The van der Waals surface area contributed by atoms with Gasteiger partial charge in [0.25, 0.3) is 0 Å². The Morgan fingerprint density at radius 2 is 1.79 bits per heavy atom. The molecule has 0 aliphatic rings. The van der Waals surface area contributed by atoms with Gasteiger partial charge in [-0.1, -0.05) is 20.8 Å². The van der Waals surface area contributed by atoms with Crippen molar-refractivity contribution in [3.63, 3.8) is 0 Å². The van der Waals surface area contributed by atoms with Gasteiger partial charge in [0.2, 0.25) is 0 Å². The molecule has 0 saturated carbocycles. The van der Waals surface area contributed by atoms with Crippen LogP contribution in [0, 0.1) is 0 Å². The quantitative estimate of drug-likeness (QED) is 0.739. The molecular weight excluding hydrogens is 174 g/mol. The van der Waals surface area contributed by atoms with E-state index in [4.69, 9.17) is 0 Å². The van der Waals surface area contributed by atoms with E-state index in [-0.39, 0.29) is 5.54 Å². The van der Waals surface area contributed by atoms with E-state index in [0.29, 0.717) is 0 Å². The topological polar surface area (TPSA) is 30.7 Å². The normalized spacial score (nSPS) is 12.1. The Hall–Kier alpha value is -0.860. The molecule has 1 rings (SSSR count). The van der Waals surface area contributed by atoms with E-state index in [9.17, 15) is 0 Å². The third kappa shape index (κ3) is 1.97. The summed E-state index contributed by atoms with van der Waals surface area (Å²) < 4.78 is 2.09. The zero-order chi connectivity index (χ0) is 10.8. The predicted molar refractivity (Wildman–Crippen MR) is 58.4 cm³/mol. The second-order valence-electron chi connectivity index (χ2n) is 4.23. The summed E-state index contributed by atoms with van der Waals surface area (Å²) in [6.45, 7) is 10.8. The van der Waals surface area contributed by atoms with Crippen LogP contribution in [-0.4, -0.2) is 14.8 Å². The highest BCUT2D eigenvalue weighted by atomic mass is 15.4. The van der Waals surface area contributed by atoms with Crippen molar-refractivity contribution >= 4 is 0 Å². The van der Waals surface area contributed by atoms with E-state index in [0.717, 1.165) is 30.9 Å². The lowest BCUT2D eigenvalue weighted by molar-refractivity contribution is 0.296. The summed E-state index contributed by atoms with van der Waals surface area (Å²) in [6.07, 6.45) is 2.95. The zero-order valence-corrected chi connectivity index (χ0v) is 9.96. The Bertz CT molecular complexity index is 299. The Labute approximate surface area is 86.5 Å². The molecule has 1 heterocycles. The summed E-state index contributed by atoms with van der Waals surface area (Å²) in [7, 11) is 0. The maximum atomic E-state index is 4.55. The molecule has 3 heteroatoms. The Kier molecular flexibility index (Phi) is 3.29. The first kappa shape index (κ1) is 11.2. The van der Waals surface area contributed by atoms with Gasteiger partial charge < -0.3 is 0 Å². The molecule has 1 aromatic rings. The molecule has 0 unspecified atom stereocenters. The van der Waals surface area contributed by atoms with Gasteiger partial charge in [-0.15, -0.1) is 0 Å². The number of aryl methyl sites for hydroxylation is 2. The molecule has 14 heavy (non-hydrogen) atoms. The molecule has 0 aromatic carbocycles. The van der Waals surface area contributed by atoms with Crippen LogP contribution in [0.3, 0.4) is 0 Å². The third-order valence-electron chi connectivity index (χ3n) is 2.79. The van der Waals surface area contributed by atoms with E-state index in [1.54, 1.807) is 0 Å². The average molecular weight is 195 g/mol. The minimum atomic E-state index is 0.0891. The minimum absolute atomic E-state index is 0.0891. The monoisotopic (exact) mass is 195 g/mol. The molecule has 0 atom stereocenters. The number of hydrogen-bond acceptors (Lipinski definition) is 2. The van der Waals surface area contributed by atoms with E-state index in [2.05, 4.69) is 49.4 Å². The van der Waals surface area contributed by atoms with Crippen molar-refractivity contribution < 1.29 is 0 Å². The molecule has 0 amide bonds. The van der Waals surface area contributed by atoms with Crippen LogP contribution in [0.2, 0.25) is 0 Å². The van der Waals surface area contributed by atoms with Gasteiger partial charge in [-0.2, -0.15) is 5.10 Å². The number of rotatable bonds is 4. The Balaban J connectivity index is 3.12. The van der Waals surface area contributed by atoms with Crippen molar-refractivity contribution in [3.8, 4) is 0 Å². The molecule has 0 N–H and O–H groups in total. The van der Waals surface area contributed by atoms with Crippen molar-refractivity contribution in [2.45, 2.75) is 59.4 Å². The molecule has 0 aliphatic carbocycles. The molecule has 0 saturated heterocycles. The van der Waals surface area contributed by atoms with Crippen molar-refractivity contribution in [1.82, 2.24) is 14.8 Å². The van der Waals surface area contributed by atoms with Crippen LogP contribution in [0.5, 0.6) is 0 Å². The van der Waals surface area contributed by atoms with E-state index in [1.165, 1.54) is 0 Å². The first-order valence-electron chi connectivity index (χ1n) is 5.50. The Morgan fingerprint density at radius 1 is 1.14 bits per heavy atom. The van der Waals surface area contributed by atoms with Crippen LogP contribution >= 0.6 is 0 Å². The molecule has 0 fully saturated rings. The van der Waals surface area contributed by atoms with Gasteiger partial charge in [-0.25, -0.2) is 9.67 Å². The first-order chi connectivity index (χ1) is 6.55. The summed E-state index contributed by atoms with van der Waals surface area (Å²) >= 11 is 0. The van der Waals surface area contributed by atoms with Crippen LogP contribution in [-0.2, 0) is 18.4 Å². The fourth-order valence-corrected chi connectivity index (χ4v) is 1.40. The standard InChI is InChI=1S/C11H21N3/c1-6-9-12-10(7-2)14(13-9)11(4,5)8-3/h6-8H2,1-5H3. The van der Waals surface area contributed by atoms with Gasteiger partial charge in [-0.05, 0) is 20.3 Å². The largest absolute Gasteiger partial charge is 0.244 e. The summed E-state index contributed by atoms with van der Waals surface area (Å²) in [6, 6.07) is 0. The highest BCUT2D eigenvalue weighted by molar-refractivity contribution is 4.97. The van der Waals surface area contributed by atoms with Crippen molar-refractivity contribution in [2.24, 2.45) is 0 Å². The van der Waals surface area contributed by atoms with Crippen LogP contribution in [0.4, 0.5) is 0 Å². The smallest absolute Gasteiger partial charge is 0.150 e. The molecule has 3 nitrogen and oxygen atoms in total. The molecule has 80 valence electrons. The lowest BCUT2D eigenvalue weighted by Gasteiger charge is -2.24. The minimum Gasteiger partial charge on any atom is -0.244 e. The number of hydrogen-bond donors (Lipinski definition) is 0. The van der Waals surface area contributed by atoms with Gasteiger partial charge in [-0.3, -0.25) is 0 Å². The van der Waals surface area contributed by atoms with Gasteiger partial charge in [0.15, 0.2) is 5.82 Å². The van der Waals surface area contributed by atoms with Crippen molar-refractivity contribution in [3.05, 3.63) is 11.6 Å². The third-order valence-corrected chi connectivity index (χ3v) is 2.79. The van der Waals surface area contributed by atoms with E-state index < -0.39 is 0 Å². The van der Waals surface area contributed by atoms with Gasteiger partial charge in [0, 0.05) is 12.8 Å². The predicted octanol–water partition coefficient (Wildman–Crippen LogP) is 2.55. The summed E-state index contributed by atoms with van der Waals surface area (Å²) in [5.74, 6) is 2.07. The first-order valence-corrected chi connectivity index (χ1v) is 5.50. The molecule has 1 aromatic heterocycles. The molecule has 0 radical (unpaired) electrons. The van der Waals surface area contributed by atoms with E-state index >= 15 is 0 Å². The average Bonchev–Trinajstić information content (AvgIpc) is 2.61. The summed E-state index contributed by atoms with van der Waals surface area (Å²) in [5.41, 5.74) is 0.0891. The van der Waals surface area contributed by atoms with Gasteiger partial charge in [0.05, 0.1) is 5.54 Å². The van der Waals surface area contributed by atoms with Gasteiger partial charge >= 0.3 is 0 Å².